The Morgan fingerprint density at radius 2 is 2.00 bits per heavy atom. The van der Waals surface area contributed by atoms with E-state index in [2.05, 4.69) is 5.32 Å². The molecule has 4 N–H and O–H groups in total. The van der Waals surface area contributed by atoms with Gasteiger partial charge in [0.15, 0.2) is 0 Å². The Labute approximate surface area is 115 Å². The van der Waals surface area contributed by atoms with Gasteiger partial charge in [-0.25, -0.2) is 4.79 Å². The van der Waals surface area contributed by atoms with E-state index in [0.29, 0.717) is 18.0 Å². The van der Waals surface area contributed by atoms with Crippen LogP contribution in [0.15, 0.2) is 0 Å². The van der Waals surface area contributed by atoms with Gasteiger partial charge in [0.1, 0.15) is 0 Å². The molecule has 5 heteroatoms. The minimum Gasteiger partial charge on any atom is -0.396 e. The second-order valence-corrected chi connectivity index (χ2v) is 6.06. The third kappa shape index (κ3) is 4.35. The first-order valence-electron chi connectivity index (χ1n) is 7.60. The molecule has 19 heavy (non-hydrogen) atoms. The van der Waals surface area contributed by atoms with E-state index in [-0.39, 0.29) is 12.6 Å². The summed E-state index contributed by atoms with van der Waals surface area (Å²) < 4.78 is 0. The molecule has 2 fully saturated rings. The molecule has 2 rings (SSSR count). The van der Waals surface area contributed by atoms with Gasteiger partial charge in [-0.15, -0.1) is 0 Å². The normalized spacial score (nSPS) is 28.8. The van der Waals surface area contributed by atoms with Crippen molar-refractivity contribution in [3.05, 3.63) is 0 Å². The molecule has 2 atom stereocenters. The Kier molecular flexibility index (Phi) is 5.45. The molecule has 2 unspecified atom stereocenters. The average molecular weight is 269 g/mol. The predicted octanol–water partition coefficient (Wildman–Crippen LogP) is 1.06. The number of likely N-dealkylation sites (tertiary alicyclic amines) is 1. The first kappa shape index (κ1) is 14.6. The maximum absolute atomic E-state index is 11.4. The summed E-state index contributed by atoms with van der Waals surface area (Å²) in [4.78, 5) is 13.2. The lowest BCUT2D eigenvalue weighted by Gasteiger charge is -2.38. The third-order valence-corrected chi connectivity index (χ3v) is 4.45. The number of hydrogen-bond donors (Lipinski definition) is 3. The number of urea groups is 1. The number of aliphatic hydroxyl groups excluding tert-OH is 1. The molecule has 0 aromatic heterocycles. The summed E-state index contributed by atoms with van der Waals surface area (Å²) in [6.45, 7) is 1.72. The lowest BCUT2D eigenvalue weighted by molar-refractivity contribution is 0.139. The van der Waals surface area contributed by atoms with Crippen LogP contribution in [0.2, 0.25) is 0 Å². The number of hydrogen-bond acceptors (Lipinski definition) is 3. The fourth-order valence-corrected chi connectivity index (χ4v) is 3.52. The molecule has 1 saturated carbocycles. The van der Waals surface area contributed by atoms with Crippen LogP contribution in [0, 0.1) is 5.92 Å². The smallest absolute Gasteiger partial charge is 0.314 e. The summed E-state index contributed by atoms with van der Waals surface area (Å²) in [6, 6.07) is 0.677. The quantitative estimate of drug-likeness (QED) is 0.698. The van der Waals surface area contributed by atoms with Crippen LogP contribution < -0.4 is 11.1 Å². The van der Waals surface area contributed by atoms with Gasteiger partial charge in [-0.2, -0.15) is 0 Å². The molecule has 2 amide bonds. The van der Waals surface area contributed by atoms with Crippen LogP contribution in [-0.2, 0) is 0 Å². The van der Waals surface area contributed by atoms with Gasteiger partial charge in [-0.1, -0.05) is 12.8 Å². The number of primary amides is 1. The zero-order chi connectivity index (χ0) is 13.7. The summed E-state index contributed by atoms with van der Waals surface area (Å²) in [5, 5.41) is 12.6. The zero-order valence-corrected chi connectivity index (χ0v) is 11.7. The summed E-state index contributed by atoms with van der Waals surface area (Å²) in [7, 11) is 0. The van der Waals surface area contributed by atoms with E-state index in [1.807, 2.05) is 0 Å². The standard InChI is InChI=1S/C14H27N3O2/c15-14(19)17-9-11(4-3-7-18)8-13(10-17)16-12-5-1-2-6-12/h11-13,16,18H,1-10H2,(H2,15,19). The maximum atomic E-state index is 11.4. The molecule has 0 radical (unpaired) electrons. The van der Waals surface area contributed by atoms with Crippen molar-refractivity contribution < 1.29 is 9.90 Å². The predicted molar refractivity (Wildman–Crippen MR) is 74.8 cm³/mol. The summed E-state index contributed by atoms with van der Waals surface area (Å²) in [6.07, 6.45) is 8.04. The van der Waals surface area contributed by atoms with E-state index >= 15 is 0 Å². The van der Waals surface area contributed by atoms with Crippen molar-refractivity contribution in [2.75, 3.05) is 19.7 Å². The van der Waals surface area contributed by atoms with Gasteiger partial charge in [-0.3, -0.25) is 0 Å². The highest BCUT2D eigenvalue weighted by atomic mass is 16.2. The second-order valence-electron chi connectivity index (χ2n) is 6.06. The van der Waals surface area contributed by atoms with Crippen molar-refractivity contribution in [2.45, 2.75) is 57.0 Å². The molecule has 1 heterocycles. The van der Waals surface area contributed by atoms with Crippen LogP contribution in [0.25, 0.3) is 0 Å². The van der Waals surface area contributed by atoms with Crippen molar-refractivity contribution >= 4 is 6.03 Å². The number of amides is 2. The monoisotopic (exact) mass is 269 g/mol. The van der Waals surface area contributed by atoms with E-state index in [1.165, 1.54) is 25.7 Å². The molecule has 0 spiro atoms. The highest BCUT2D eigenvalue weighted by Crippen LogP contribution is 2.24. The number of carbonyl (C=O) groups is 1. The van der Waals surface area contributed by atoms with Crippen molar-refractivity contribution in [1.29, 1.82) is 0 Å². The van der Waals surface area contributed by atoms with E-state index < -0.39 is 0 Å². The highest BCUT2D eigenvalue weighted by Gasteiger charge is 2.30. The van der Waals surface area contributed by atoms with Gasteiger partial charge in [0.25, 0.3) is 0 Å². The van der Waals surface area contributed by atoms with Crippen LogP contribution in [0.5, 0.6) is 0 Å². The molecule has 1 saturated heterocycles. The molecular formula is C14H27N3O2. The van der Waals surface area contributed by atoms with E-state index in [0.717, 1.165) is 32.4 Å². The molecule has 1 aliphatic heterocycles. The Morgan fingerprint density at radius 1 is 1.26 bits per heavy atom. The van der Waals surface area contributed by atoms with E-state index in [9.17, 15) is 4.79 Å². The van der Waals surface area contributed by atoms with Crippen molar-refractivity contribution in [2.24, 2.45) is 11.7 Å². The van der Waals surface area contributed by atoms with E-state index in [1.54, 1.807) is 4.90 Å². The van der Waals surface area contributed by atoms with Gasteiger partial charge in [0, 0.05) is 31.8 Å². The number of nitrogens with zero attached hydrogens (tertiary/aromatic N) is 1. The highest BCUT2D eigenvalue weighted by molar-refractivity contribution is 5.72. The van der Waals surface area contributed by atoms with Gasteiger partial charge < -0.3 is 21.1 Å². The van der Waals surface area contributed by atoms with Gasteiger partial charge in [0.2, 0.25) is 0 Å². The minimum absolute atomic E-state index is 0.230. The van der Waals surface area contributed by atoms with E-state index in [4.69, 9.17) is 10.8 Å². The maximum Gasteiger partial charge on any atom is 0.314 e. The van der Waals surface area contributed by atoms with Crippen LogP contribution in [-0.4, -0.2) is 47.8 Å². The van der Waals surface area contributed by atoms with Crippen LogP contribution >= 0.6 is 0 Å². The van der Waals surface area contributed by atoms with Crippen LogP contribution in [0.4, 0.5) is 4.79 Å². The van der Waals surface area contributed by atoms with Crippen molar-refractivity contribution in [1.82, 2.24) is 10.2 Å². The second kappa shape index (κ2) is 7.10. The molecule has 110 valence electrons. The SMILES string of the molecule is NC(=O)N1CC(CCCO)CC(NC2CCCC2)C1. The topological polar surface area (TPSA) is 78.6 Å². The molecule has 2 aliphatic rings. The Bertz CT molecular complexity index is 292. The third-order valence-electron chi connectivity index (χ3n) is 4.45. The summed E-state index contributed by atoms with van der Waals surface area (Å²) >= 11 is 0. The number of piperidine rings is 1. The van der Waals surface area contributed by atoms with Crippen molar-refractivity contribution in [3.8, 4) is 0 Å². The number of nitrogens with two attached hydrogens (primary N) is 1. The first-order valence-corrected chi connectivity index (χ1v) is 7.60. The zero-order valence-electron chi connectivity index (χ0n) is 11.7. The van der Waals surface area contributed by atoms with Gasteiger partial charge >= 0.3 is 6.03 Å². The number of rotatable bonds is 5. The average Bonchev–Trinajstić information content (AvgIpc) is 2.89. The number of nitrogens with one attached hydrogen (secondary N) is 1. The Balaban J connectivity index is 1.87. The minimum atomic E-state index is -0.313. The number of aliphatic hydroxyl groups is 1. The van der Waals surface area contributed by atoms with Crippen LogP contribution in [0.3, 0.4) is 0 Å². The largest absolute Gasteiger partial charge is 0.396 e. The lowest BCUT2D eigenvalue weighted by atomic mass is 9.90. The summed E-state index contributed by atoms with van der Waals surface area (Å²) in [5.41, 5.74) is 5.44. The molecule has 0 aromatic rings. The Morgan fingerprint density at radius 3 is 2.63 bits per heavy atom. The first-order chi connectivity index (χ1) is 9.19. The molecule has 0 aromatic carbocycles. The fourth-order valence-electron chi connectivity index (χ4n) is 3.52. The molecular weight excluding hydrogens is 242 g/mol. The number of carbonyl (C=O) groups excluding carboxylic acids is 1. The van der Waals surface area contributed by atoms with Gasteiger partial charge in [0.05, 0.1) is 0 Å². The molecule has 5 nitrogen and oxygen atoms in total. The summed E-state index contributed by atoms with van der Waals surface area (Å²) in [5.74, 6) is 0.465. The van der Waals surface area contributed by atoms with Crippen LogP contribution in [0.1, 0.15) is 44.9 Å². The molecule has 0 bridgehead atoms. The molecule has 1 aliphatic carbocycles. The van der Waals surface area contributed by atoms with Gasteiger partial charge in [-0.05, 0) is 38.0 Å². The fraction of sp³-hybridized carbons (Fsp3) is 0.929. The van der Waals surface area contributed by atoms with Crippen molar-refractivity contribution in [3.63, 3.8) is 0 Å². The Hall–Kier alpha value is -0.810. The lowest BCUT2D eigenvalue weighted by Crippen LogP contribution is -2.54.